The van der Waals surface area contributed by atoms with Crippen LogP contribution in [0.3, 0.4) is 0 Å². The van der Waals surface area contributed by atoms with Gasteiger partial charge >= 0.3 is 0 Å². The van der Waals surface area contributed by atoms with E-state index in [4.69, 9.17) is 10.00 Å². The van der Waals surface area contributed by atoms with Gasteiger partial charge in [0.15, 0.2) is 0 Å². The molecule has 2 aromatic rings. The van der Waals surface area contributed by atoms with Crippen LogP contribution in [0.2, 0.25) is 0 Å². The Bertz CT molecular complexity index is 748. The summed E-state index contributed by atoms with van der Waals surface area (Å²) >= 11 is 0. The molecule has 0 saturated heterocycles. The van der Waals surface area contributed by atoms with Crippen molar-refractivity contribution in [3.63, 3.8) is 0 Å². The molecule has 0 saturated carbocycles. The van der Waals surface area contributed by atoms with Crippen LogP contribution in [-0.2, 0) is 13.0 Å². The predicted octanol–water partition coefficient (Wildman–Crippen LogP) is 3.77. The van der Waals surface area contributed by atoms with Crippen LogP contribution in [0.4, 0.5) is 5.69 Å². The second-order valence-electron chi connectivity index (χ2n) is 4.60. The third kappa shape index (κ3) is 3.49. The van der Waals surface area contributed by atoms with E-state index in [1.165, 1.54) is 12.1 Å². The summed E-state index contributed by atoms with van der Waals surface area (Å²) in [6.07, 6.45) is 2.13. The SMILES string of the molecule is C=CCc1cc([N+](=O)[O-])ccc1OCc1ccccc1C#N. The first kappa shape index (κ1) is 15.3. The smallest absolute Gasteiger partial charge is 0.269 e. The first-order valence-electron chi connectivity index (χ1n) is 6.64. The molecule has 0 heterocycles. The van der Waals surface area contributed by atoms with Gasteiger partial charge in [-0.25, -0.2) is 0 Å². The number of benzene rings is 2. The normalized spacial score (nSPS) is 9.77. The van der Waals surface area contributed by atoms with Gasteiger partial charge in [0, 0.05) is 23.3 Å². The van der Waals surface area contributed by atoms with E-state index in [2.05, 4.69) is 12.6 Å². The number of ether oxygens (including phenoxy) is 1. The Morgan fingerprint density at radius 1 is 1.27 bits per heavy atom. The van der Waals surface area contributed by atoms with Crippen molar-refractivity contribution < 1.29 is 9.66 Å². The van der Waals surface area contributed by atoms with E-state index < -0.39 is 4.92 Å². The molecule has 0 aliphatic rings. The number of nitro groups is 1. The lowest BCUT2D eigenvalue weighted by Gasteiger charge is -2.11. The monoisotopic (exact) mass is 294 g/mol. The van der Waals surface area contributed by atoms with Crippen molar-refractivity contribution in [2.24, 2.45) is 0 Å². The summed E-state index contributed by atoms with van der Waals surface area (Å²) in [7, 11) is 0. The molecule has 0 unspecified atom stereocenters. The fourth-order valence-corrected chi connectivity index (χ4v) is 2.05. The maximum absolute atomic E-state index is 10.8. The summed E-state index contributed by atoms with van der Waals surface area (Å²) in [5.41, 5.74) is 2.03. The zero-order valence-electron chi connectivity index (χ0n) is 11.9. The molecule has 0 N–H and O–H groups in total. The largest absolute Gasteiger partial charge is 0.489 e. The van der Waals surface area contributed by atoms with E-state index in [0.717, 1.165) is 5.56 Å². The number of nitro benzene ring substituents is 1. The van der Waals surface area contributed by atoms with Crippen LogP contribution >= 0.6 is 0 Å². The molecule has 110 valence electrons. The summed E-state index contributed by atoms with van der Waals surface area (Å²) < 4.78 is 5.73. The van der Waals surface area contributed by atoms with E-state index in [1.807, 2.05) is 12.1 Å². The molecular formula is C17H14N2O3. The Morgan fingerprint density at radius 3 is 2.73 bits per heavy atom. The number of non-ortho nitro benzene ring substituents is 1. The number of allylic oxidation sites excluding steroid dienone is 1. The first-order chi connectivity index (χ1) is 10.7. The fraction of sp³-hybridized carbons (Fsp3) is 0.118. The van der Waals surface area contributed by atoms with Crippen LogP contribution < -0.4 is 4.74 Å². The third-order valence-corrected chi connectivity index (χ3v) is 3.14. The zero-order chi connectivity index (χ0) is 15.9. The van der Waals surface area contributed by atoms with Crippen LogP contribution in [0, 0.1) is 21.4 Å². The van der Waals surface area contributed by atoms with E-state index >= 15 is 0 Å². The molecule has 0 aliphatic carbocycles. The van der Waals surface area contributed by atoms with E-state index in [0.29, 0.717) is 23.3 Å². The Morgan fingerprint density at radius 2 is 2.05 bits per heavy atom. The highest BCUT2D eigenvalue weighted by atomic mass is 16.6. The van der Waals surface area contributed by atoms with Crippen LogP contribution in [0.1, 0.15) is 16.7 Å². The molecular weight excluding hydrogens is 280 g/mol. The molecule has 0 atom stereocenters. The van der Waals surface area contributed by atoms with Crippen LogP contribution in [0.15, 0.2) is 55.1 Å². The summed E-state index contributed by atoms with van der Waals surface area (Å²) in [5.74, 6) is 0.554. The maximum Gasteiger partial charge on any atom is 0.269 e. The molecule has 0 radical (unpaired) electrons. The lowest BCUT2D eigenvalue weighted by atomic mass is 10.1. The van der Waals surface area contributed by atoms with Crippen molar-refractivity contribution in [3.8, 4) is 11.8 Å². The number of rotatable bonds is 6. The van der Waals surface area contributed by atoms with Gasteiger partial charge in [0.2, 0.25) is 0 Å². The number of nitrogens with zero attached hydrogens (tertiary/aromatic N) is 2. The number of nitriles is 1. The molecule has 5 heteroatoms. The zero-order valence-corrected chi connectivity index (χ0v) is 11.9. The Kier molecular flexibility index (Phi) is 4.89. The minimum Gasteiger partial charge on any atom is -0.489 e. The average molecular weight is 294 g/mol. The lowest BCUT2D eigenvalue weighted by Crippen LogP contribution is -2.01. The quantitative estimate of drug-likeness (QED) is 0.461. The van der Waals surface area contributed by atoms with E-state index in [-0.39, 0.29) is 12.3 Å². The highest BCUT2D eigenvalue weighted by molar-refractivity contribution is 5.45. The van der Waals surface area contributed by atoms with Gasteiger partial charge in [-0.2, -0.15) is 5.26 Å². The van der Waals surface area contributed by atoms with Crippen molar-refractivity contribution in [1.82, 2.24) is 0 Å². The van der Waals surface area contributed by atoms with Crippen molar-refractivity contribution in [3.05, 3.63) is 81.9 Å². The van der Waals surface area contributed by atoms with Gasteiger partial charge in [0.25, 0.3) is 5.69 Å². The summed E-state index contributed by atoms with van der Waals surface area (Å²) in [6, 6.07) is 13.7. The molecule has 2 rings (SSSR count). The average Bonchev–Trinajstić information content (AvgIpc) is 2.54. The third-order valence-electron chi connectivity index (χ3n) is 3.14. The second kappa shape index (κ2) is 7.04. The second-order valence-corrected chi connectivity index (χ2v) is 4.60. The Hall–Kier alpha value is -3.13. The molecule has 0 aliphatic heterocycles. The van der Waals surface area contributed by atoms with Crippen molar-refractivity contribution in [1.29, 1.82) is 5.26 Å². The minimum absolute atomic E-state index is 0.0154. The van der Waals surface area contributed by atoms with Gasteiger partial charge < -0.3 is 4.74 Å². The molecule has 0 bridgehead atoms. The highest BCUT2D eigenvalue weighted by Gasteiger charge is 2.11. The lowest BCUT2D eigenvalue weighted by molar-refractivity contribution is -0.384. The minimum atomic E-state index is -0.443. The first-order valence-corrected chi connectivity index (χ1v) is 6.64. The topological polar surface area (TPSA) is 76.2 Å². The van der Waals surface area contributed by atoms with Gasteiger partial charge in [-0.15, -0.1) is 6.58 Å². The summed E-state index contributed by atoms with van der Waals surface area (Å²) in [4.78, 5) is 10.4. The summed E-state index contributed by atoms with van der Waals surface area (Å²) in [6.45, 7) is 3.88. The summed E-state index contributed by atoms with van der Waals surface area (Å²) in [5, 5.41) is 19.9. The number of hydrogen-bond donors (Lipinski definition) is 0. The molecule has 0 aromatic heterocycles. The van der Waals surface area contributed by atoms with Crippen LogP contribution in [0.25, 0.3) is 0 Å². The fourth-order valence-electron chi connectivity index (χ4n) is 2.05. The highest BCUT2D eigenvalue weighted by Crippen LogP contribution is 2.26. The van der Waals surface area contributed by atoms with Crippen molar-refractivity contribution in [2.45, 2.75) is 13.0 Å². The molecule has 22 heavy (non-hydrogen) atoms. The molecule has 5 nitrogen and oxygen atoms in total. The van der Waals surface area contributed by atoms with Gasteiger partial charge in [0.1, 0.15) is 12.4 Å². The van der Waals surface area contributed by atoms with Gasteiger partial charge in [-0.05, 0) is 18.6 Å². The van der Waals surface area contributed by atoms with Crippen molar-refractivity contribution in [2.75, 3.05) is 0 Å². The standard InChI is InChI=1S/C17H14N2O3/c1-2-5-13-10-16(19(20)21)8-9-17(13)22-12-15-7-4-3-6-14(15)11-18/h2-4,6-10H,1,5,12H2. The Labute approximate surface area is 128 Å². The van der Waals surface area contributed by atoms with E-state index in [9.17, 15) is 10.1 Å². The molecule has 0 fully saturated rings. The maximum atomic E-state index is 10.8. The molecule has 2 aromatic carbocycles. The number of hydrogen-bond acceptors (Lipinski definition) is 4. The van der Waals surface area contributed by atoms with Crippen molar-refractivity contribution >= 4 is 5.69 Å². The molecule has 0 spiro atoms. The van der Waals surface area contributed by atoms with Crippen LogP contribution in [0.5, 0.6) is 5.75 Å². The van der Waals surface area contributed by atoms with Gasteiger partial charge in [-0.3, -0.25) is 10.1 Å². The molecule has 0 amide bonds. The van der Waals surface area contributed by atoms with Gasteiger partial charge in [0.05, 0.1) is 16.6 Å². The van der Waals surface area contributed by atoms with Crippen LogP contribution in [-0.4, -0.2) is 4.92 Å². The Balaban J connectivity index is 2.24. The van der Waals surface area contributed by atoms with E-state index in [1.54, 1.807) is 24.3 Å². The predicted molar refractivity (Wildman–Crippen MR) is 82.5 cm³/mol. The van der Waals surface area contributed by atoms with Gasteiger partial charge in [-0.1, -0.05) is 24.3 Å².